The largest absolute Gasteiger partial charge is 0.373 e. The molecular weight excluding hydrogens is 218 g/mol. The van der Waals surface area contributed by atoms with Gasteiger partial charge < -0.3 is 15.0 Å². The first-order valence-electron chi connectivity index (χ1n) is 5.92. The number of hydrogen-bond donors (Lipinski definition) is 1. The fraction of sp³-hybridized carbons (Fsp3) is 0.667. The van der Waals surface area contributed by atoms with Gasteiger partial charge in [0.05, 0.1) is 5.92 Å². The molecule has 1 heterocycles. The second-order valence-electron chi connectivity index (χ2n) is 4.78. The molecule has 2 N–H and O–H groups in total. The fourth-order valence-corrected chi connectivity index (χ4v) is 2.10. The molecule has 5 nitrogen and oxygen atoms in total. The predicted octanol–water partition coefficient (Wildman–Crippen LogP) is 1.78. The summed E-state index contributed by atoms with van der Waals surface area (Å²) in [6.07, 6.45) is 4.72. The smallest absolute Gasteiger partial charge is 0.233 e. The molecule has 0 amide bonds. The van der Waals surface area contributed by atoms with Crippen LogP contribution in [0.3, 0.4) is 0 Å². The highest BCUT2D eigenvalue weighted by molar-refractivity contribution is 5.15. The molecule has 1 aliphatic carbocycles. The Labute approximate surface area is 101 Å². The van der Waals surface area contributed by atoms with E-state index < -0.39 is 0 Å². The zero-order valence-corrected chi connectivity index (χ0v) is 10.5. The van der Waals surface area contributed by atoms with E-state index in [1.165, 1.54) is 0 Å². The van der Waals surface area contributed by atoms with Crippen molar-refractivity contribution in [2.75, 3.05) is 7.11 Å². The monoisotopic (exact) mass is 237 g/mol. The van der Waals surface area contributed by atoms with Crippen molar-refractivity contribution in [2.24, 2.45) is 11.7 Å². The maximum absolute atomic E-state index is 5.80. The average molecular weight is 237 g/mol. The molecule has 1 aromatic rings. The molecule has 0 radical (unpaired) electrons. The van der Waals surface area contributed by atoms with E-state index in [-0.39, 0.29) is 18.1 Å². The van der Waals surface area contributed by atoms with Gasteiger partial charge in [-0.1, -0.05) is 31.2 Å². The lowest BCUT2D eigenvalue weighted by molar-refractivity contribution is 0.0555. The van der Waals surface area contributed by atoms with Crippen LogP contribution in [0.15, 0.2) is 16.7 Å². The standard InChI is InChI=1S/C12H19N3O2/c1-7(2)10(16-3)11-14-12(17-15-11)8-4-5-9(13)6-8/h4-5,7-10H,6,13H2,1-3H3. The van der Waals surface area contributed by atoms with Crippen molar-refractivity contribution in [3.8, 4) is 0 Å². The van der Waals surface area contributed by atoms with Crippen LogP contribution in [-0.2, 0) is 4.74 Å². The second kappa shape index (κ2) is 4.98. The molecule has 0 saturated carbocycles. The van der Waals surface area contributed by atoms with Crippen LogP contribution in [0.2, 0.25) is 0 Å². The van der Waals surface area contributed by atoms with Crippen LogP contribution in [0, 0.1) is 5.92 Å². The van der Waals surface area contributed by atoms with Gasteiger partial charge in [-0.15, -0.1) is 0 Å². The van der Waals surface area contributed by atoms with Gasteiger partial charge in [-0.05, 0) is 12.3 Å². The lowest BCUT2D eigenvalue weighted by Crippen LogP contribution is -2.14. The molecule has 0 aromatic carbocycles. The molecule has 0 bridgehead atoms. The van der Waals surface area contributed by atoms with E-state index in [2.05, 4.69) is 24.0 Å². The normalized spacial score (nSPS) is 25.7. The number of ether oxygens (including phenoxy) is 1. The first kappa shape index (κ1) is 12.3. The summed E-state index contributed by atoms with van der Waals surface area (Å²) in [4.78, 5) is 4.41. The summed E-state index contributed by atoms with van der Waals surface area (Å²) >= 11 is 0. The van der Waals surface area contributed by atoms with Crippen LogP contribution >= 0.6 is 0 Å². The summed E-state index contributed by atoms with van der Waals surface area (Å²) in [5, 5.41) is 3.99. The maximum atomic E-state index is 5.80. The lowest BCUT2D eigenvalue weighted by atomic mass is 10.1. The van der Waals surface area contributed by atoms with Crippen molar-refractivity contribution < 1.29 is 9.26 Å². The first-order chi connectivity index (χ1) is 8.11. The summed E-state index contributed by atoms with van der Waals surface area (Å²) < 4.78 is 10.6. The van der Waals surface area contributed by atoms with Crippen LogP contribution in [0.4, 0.5) is 0 Å². The molecule has 0 spiro atoms. The number of allylic oxidation sites excluding steroid dienone is 1. The molecule has 1 aromatic heterocycles. The van der Waals surface area contributed by atoms with Gasteiger partial charge in [0.25, 0.3) is 0 Å². The third-order valence-corrected chi connectivity index (χ3v) is 3.01. The van der Waals surface area contributed by atoms with Crippen molar-refractivity contribution >= 4 is 0 Å². The van der Waals surface area contributed by atoms with Crippen LogP contribution in [0.25, 0.3) is 0 Å². The van der Waals surface area contributed by atoms with Crippen molar-refractivity contribution in [3.63, 3.8) is 0 Å². The van der Waals surface area contributed by atoms with Crippen LogP contribution < -0.4 is 5.73 Å². The van der Waals surface area contributed by atoms with E-state index in [0.29, 0.717) is 17.6 Å². The Hall–Kier alpha value is -1.20. The Kier molecular flexibility index (Phi) is 3.59. The van der Waals surface area contributed by atoms with Gasteiger partial charge in [-0.3, -0.25) is 0 Å². The van der Waals surface area contributed by atoms with Gasteiger partial charge >= 0.3 is 0 Å². The molecular formula is C12H19N3O2. The maximum Gasteiger partial charge on any atom is 0.233 e. The zero-order valence-electron chi connectivity index (χ0n) is 10.5. The lowest BCUT2D eigenvalue weighted by Gasteiger charge is -2.14. The Morgan fingerprint density at radius 3 is 2.76 bits per heavy atom. The zero-order chi connectivity index (χ0) is 12.4. The molecule has 94 valence electrons. The minimum atomic E-state index is -0.119. The average Bonchev–Trinajstić information content (AvgIpc) is 2.87. The molecule has 0 aliphatic heterocycles. The van der Waals surface area contributed by atoms with Crippen LogP contribution in [-0.4, -0.2) is 23.3 Å². The van der Waals surface area contributed by atoms with Crippen molar-refractivity contribution in [2.45, 2.75) is 38.3 Å². The van der Waals surface area contributed by atoms with Crippen LogP contribution in [0.5, 0.6) is 0 Å². The highest BCUT2D eigenvalue weighted by atomic mass is 16.5. The Morgan fingerprint density at radius 2 is 2.24 bits per heavy atom. The summed E-state index contributed by atoms with van der Waals surface area (Å²) in [7, 11) is 1.66. The minimum Gasteiger partial charge on any atom is -0.373 e. The summed E-state index contributed by atoms with van der Waals surface area (Å²) in [5.41, 5.74) is 5.80. The molecule has 1 aliphatic rings. The Morgan fingerprint density at radius 1 is 1.47 bits per heavy atom. The molecule has 3 unspecified atom stereocenters. The van der Waals surface area contributed by atoms with Gasteiger partial charge in [0.2, 0.25) is 11.7 Å². The highest BCUT2D eigenvalue weighted by Gasteiger charge is 2.26. The van der Waals surface area contributed by atoms with Gasteiger partial charge in [0.1, 0.15) is 6.10 Å². The summed E-state index contributed by atoms with van der Waals surface area (Å²) in [6, 6.07) is 0.0960. The molecule has 0 saturated heterocycles. The van der Waals surface area contributed by atoms with E-state index in [1.807, 2.05) is 12.2 Å². The van der Waals surface area contributed by atoms with Gasteiger partial charge in [-0.25, -0.2) is 0 Å². The van der Waals surface area contributed by atoms with Gasteiger partial charge in [0, 0.05) is 13.2 Å². The van der Waals surface area contributed by atoms with E-state index in [1.54, 1.807) is 7.11 Å². The third-order valence-electron chi connectivity index (χ3n) is 3.01. The number of rotatable bonds is 4. The molecule has 5 heteroatoms. The quantitative estimate of drug-likeness (QED) is 0.808. The van der Waals surface area contributed by atoms with Crippen LogP contribution in [0.1, 0.15) is 44.0 Å². The molecule has 0 fully saturated rings. The SMILES string of the molecule is COC(c1noc(C2C=CC(N)C2)n1)C(C)C. The first-order valence-corrected chi connectivity index (χ1v) is 5.92. The van der Waals surface area contributed by atoms with E-state index in [0.717, 1.165) is 6.42 Å². The number of aromatic nitrogens is 2. The molecule has 17 heavy (non-hydrogen) atoms. The van der Waals surface area contributed by atoms with E-state index >= 15 is 0 Å². The molecule has 2 rings (SSSR count). The van der Waals surface area contributed by atoms with Crippen molar-refractivity contribution in [1.29, 1.82) is 0 Å². The summed E-state index contributed by atoms with van der Waals surface area (Å²) in [6.45, 7) is 4.13. The predicted molar refractivity (Wildman–Crippen MR) is 63.4 cm³/mol. The fourth-order valence-electron chi connectivity index (χ4n) is 2.10. The van der Waals surface area contributed by atoms with Crippen molar-refractivity contribution in [3.05, 3.63) is 23.9 Å². The second-order valence-corrected chi connectivity index (χ2v) is 4.78. The number of methoxy groups -OCH3 is 1. The summed E-state index contributed by atoms with van der Waals surface area (Å²) in [5.74, 6) is 1.71. The van der Waals surface area contributed by atoms with E-state index in [4.69, 9.17) is 15.0 Å². The molecule has 3 atom stereocenters. The third kappa shape index (κ3) is 2.56. The minimum absolute atomic E-state index is 0.0960. The number of nitrogens with zero attached hydrogens (tertiary/aromatic N) is 2. The Balaban J connectivity index is 2.13. The van der Waals surface area contributed by atoms with E-state index in [9.17, 15) is 0 Å². The number of nitrogens with two attached hydrogens (primary N) is 1. The number of hydrogen-bond acceptors (Lipinski definition) is 5. The van der Waals surface area contributed by atoms with Gasteiger partial charge in [-0.2, -0.15) is 4.98 Å². The van der Waals surface area contributed by atoms with Gasteiger partial charge in [0.15, 0.2) is 0 Å². The van der Waals surface area contributed by atoms with Crippen molar-refractivity contribution in [1.82, 2.24) is 10.1 Å². The highest BCUT2D eigenvalue weighted by Crippen LogP contribution is 2.29. The Bertz CT molecular complexity index is 400. The topological polar surface area (TPSA) is 74.2 Å².